The summed E-state index contributed by atoms with van der Waals surface area (Å²) in [4.78, 5) is 3.53. The van der Waals surface area contributed by atoms with Gasteiger partial charge in [-0.1, -0.05) is 0 Å². The van der Waals surface area contributed by atoms with Gasteiger partial charge in [0.15, 0.2) is 0 Å². The van der Waals surface area contributed by atoms with E-state index in [1.807, 2.05) is 6.07 Å². The van der Waals surface area contributed by atoms with E-state index in [-0.39, 0.29) is 0 Å². The summed E-state index contributed by atoms with van der Waals surface area (Å²) in [5.41, 5.74) is 0. The van der Waals surface area contributed by atoms with Gasteiger partial charge in [0.2, 0.25) is 0 Å². The third-order valence-corrected chi connectivity index (χ3v) is 1.78. The molecule has 0 spiro atoms. The van der Waals surface area contributed by atoms with Crippen molar-refractivity contribution in [2.75, 3.05) is 14.1 Å². The zero-order valence-corrected chi connectivity index (χ0v) is 6.53. The average Bonchev–Trinajstić information content (AvgIpc) is 2.15. The van der Waals surface area contributed by atoms with Crippen LogP contribution >= 0.6 is 11.3 Å². The lowest BCUT2D eigenvalue weighted by molar-refractivity contribution is 0.406. The molecule has 2 heteroatoms. The second kappa shape index (κ2) is 2.99. The van der Waals surface area contributed by atoms with E-state index in [4.69, 9.17) is 0 Å². The molecule has 0 saturated carbocycles. The largest absolute Gasteiger partial charge is 0.304 e. The number of rotatable bonds is 2. The van der Waals surface area contributed by atoms with Crippen molar-refractivity contribution < 1.29 is 0 Å². The predicted molar refractivity (Wildman–Crippen MR) is 40.5 cm³/mol. The monoisotopic (exact) mass is 140 g/mol. The molecule has 0 N–H and O–H groups in total. The SMILES string of the molecule is CN(C)Cc1cc[c]s1. The van der Waals surface area contributed by atoms with Crippen molar-refractivity contribution in [2.45, 2.75) is 6.54 Å². The lowest BCUT2D eigenvalue weighted by atomic mass is 10.4. The van der Waals surface area contributed by atoms with Gasteiger partial charge in [-0.25, -0.2) is 0 Å². The van der Waals surface area contributed by atoms with E-state index in [9.17, 15) is 0 Å². The minimum atomic E-state index is 1.04. The fraction of sp³-hybridized carbons (Fsp3) is 0.429. The molecule has 0 aliphatic carbocycles. The van der Waals surface area contributed by atoms with Crippen molar-refractivity contribution in [3.8, 4) is 0 Å². The van der Waals surface area contributed by atoms with Crippen molar-refractivity contribution in [3.63, 3.8) is 0 Å². The van der Waals surface area contributed by atoms with Gasteiger partial charge < -0.3 is 4.90 Å². The Morgan fingerprint density at radius 3 is 2.89 bits per heavy atom. The first kappa shape index (κ1) is 6.78. The normalized spacial score (nSPS) is 10.6. The zero-order valence-electron chi connectivity index (χ0n) is 5.72. The molecule has 0 amide bonds. The maximum Gasteiger partial charge on any atom is 0.0446 e. The lowest BCUT2D eigenvalue weighted by Crippen LogP contribution is -2.08. The summed E-state index contributed by atoms with van der Waals surface area (Å²) in [5, 5.41) is 3.05. The Morgan fingerprint density at radius 1 is 1.67 bits per heavy atom. The second-order valence-corrected chi connectivity index (χ2v) is 3.22. The highest BCUT2D eigenvalue weighted by molar-refractivity contribution is 7.09. The third kappa shape index (κ3) is 2.16. The first-order valence-electron chi connectivity index (χ1n) is 2.88. The molecule has 0 fully saturated rings. The third-order valence-electron chi connectivity index (χ3n) is 0.999. The van der Waals surface area contributed by atoms with Crippen LogP contribution in [0.5, 0.6) is 0 Å². The maximum atomic E-state index is 3.05. The molecule has 1 aromatic rings. The fourth-order valence-corrected chi connectivity index (χ4v) is 1.41. The zero-order chi connectivity index (χ0) is 6.69. The molecule has 0 saturated heterocycles. The summed E-state index contributed by atoms with van der Waals surface area (Å²) in [6.45, 7) is 1.04. The van der Waals surface area contributed by atoms with Crippen LogP contribution in [0, 0.1) is 5.38 Å². The van der Waals surface area contributed by atoms with Crippen LogP contribution in [0.25, 0.3) is 0 Å². The maximum absolute atomic E-state index is 3.05. The smallest absolute Gasteiger partial charge is 0.0446 e. The highest BCUT2D eigenvalue weighted by Crippen LogP contribution is 2.08. The molecule has 1 aromatic heterocycles. The molecule has 1 nitrogen and oxygen atoms in total. The molecule has 0 atom stereocenters. The van der Waals surface area contributed by atoms with Gasteiger partial charge in [-0.3, -0.25) is 0 Å². The van der Waals surface area contributed by atoms with Gasteiger partial charge in [0.25, 0.3) is 0 Å². The van der Waals surface area contributed by atoms with Gasteiger partial charge in [0.05, 0.1) is 0 Å². The predicted octanol–water partition coefficient (Wildman–Crippen LogP) is 1.61. The van der Waals surface area contributed by atoms with Crippen LogP contribution < -0.4 is 0 Å². The summed E-state index contributed by atoms with van der Waals surface area (Å²) >= 11 is 1.68. The van der Waals surface area contributed by atoms with Gasteiger partial charge in [-0.2, -0.15) is 0 Å². The van der Waals surface area contributed by atoms with Gasteiger partial charge in [-0.15, -0.1) is 11.3 Å². The van der Waals surface area contributed by atoms with E-state index in [1.165, 1.54) is 4.88 Å². The summed E-state index contributed by atoms with van der Waals surface area (Å²) in [7, 11) is 4.14. The van der Waals surface area contributed by atoms with Crippen molar-refractivity contribution >= 4 is 11.3 Å². The van der Waals surface area contributed by atoms with Crippen LogP contribution in [-0.4, -0.2) is 19.0 Å². The van der Waals surface area contributed by atoms with Gasteiger partial charge in [0.1, 0.15) is 0 Å². The lowest BCUT2D eigenvalue weighted by Gasteiger charge is -2.05. The standard InChI is InChI=1S/C7H10NS/c1-8(2)6-7-4-3-5-9-7/h3-4H,6H2,1-2H3. The van der Waals surface area contributed by atoms with Crippen LogP contribution in [-0.2, 0) is 6.54 Å². The molecule has 0 aromatic carbocycles. The van der Waals surface area contributed by atoms with Gasteiger partial charge in [0, 0.05) is 16.8 Å². The van der Waals surface area contributed by atoms with Crippen LogP contribution in [0.4, 0.5) is 0 Å². The Kier molecular flexibility index (Phi) is 2.25. The van der Waals surface area contributed by atoms with Crippen molar-refractivity contribution in [3.05, 3.63) is 22.4 Å². The van der Waals surface area contributed by atoms with E-state index in [2.05, 4.69) is 30.4 Å². The van der Waals surface area contributed by atoms with E-state index in [0.29, 0.717) is 0 Å². The molecule has 49 valence electrons. The fourth-order valence-electron chi connectivity index (χ4n) is 0.667. The Labute approximate surface area is 59.9 Å². The van der Waals surface area contributed by atoms with E-state index in [1.54, 1.807) is 11.3 Å². The topological polar surface area (TPSA) is 3.24 Å². The van der Waals surface area contributed by atoms with E-state index >= 15 is 0 Å². The number of hydrogen-bond donors (Lipinski definition) is 0. The summed E-state index contributed by atoms with van der Waals surface area (Å²) in [5.74, 6) is 0. The molecule has 1 rings (SSSR count). The van der Waals surface area contributed by atoms with E-state index in [0.717, 1.165) is 6.54 Å². The highest BCUT2D eigenvalue weighted by atomic mass is 32.1. The minimum absolute atomic E-state index is 1.04. The second-order valence-electron chi connectivity index (χ2n) is 2.26. The van der Waals surface area contributed by atoms with Crippen LogP contribution in [0.2, 0.25) is 0 Å². The first-order chi connectivity index (χ1) is 4.29. The molecular formula is C7H10NS. The minimum Gasteiger partial charge on any atom is -0.304 e. The molecule has 0 bridgehead atoms. The number of thiophene rings is 1. The van der Waals surface area contributed by atoms with Gasteiger partial charge in [-0.05, 0) is 26.2 Å². The quantitative estimate of drug-likeness (QED) is 0.603. The number of hydrogen-bond acceptors (Lipinski definition) is 2. The van der Waals surface area contributed by atoms with Gasteiger partial charge >= 0.3 is 0 Å². The molecule has 0 unspecified atom stereocenters. The van der Waals surface area contributed by atoms with Crippen molar-refractivity contribution in [1.29, 1.82) is 0 Å². The van der Waals surface area contributed by atoms with E-state index < -0.39 is 0 Å². The Hall–Kier alpha value is -0.340. The molecule has 9 heavy (non-hydrogen) atoms. The highest BCUT2D eigenvalue weighted by Gasteiger charge is 1.93. The summed E-state index contributed by atoms with van der Waals surface area (Å²) < 4.78 is 0. The average molecular weight is 140 g/mol. The Bertz CT molecular complexity index is 155. The molecule has 0 aliphatic rings. The summed E-state index contributed by atoms with van der Waals surface area (Å²) in [6.07, 6.45) is 0. The number of nitrogens with zero attached hydrogens (tertiary/aromatic N) is 1. The molecular weight excluding hydrogens is 130 g/mol. The molecule has 1 radical (unpaired) electrons. The molecule has 1 heterocycles. The van der Waals surface area contributed by atoms with Crippen LogP contribution in [0.15, 0.2) is 12.1 Å². The summed E-state index contributed by atoms with van der Waals surface area (Å²) in [6, 6.07) is 4.06. The Balaban J connectivity index is 2.48. The van der Waals surface area contributed by atoms with Crippen LogP contribution in [0.1, 0.15) is 4.88 Å². The van der Waals surface area contributed by atoms with Crippen molar-refractivity contribution in [2.24, 2.45) is 0 Å². The Morgan fingerprint density at radius 2 is 2.44 bits per heavy atom. The molecule has 0 aliphatic heterocycles. The first-order valence-corrected chi connectivity index (χ1v) is 3.70. The van der Waals surface area contributed by atoms with Crippen LogP contribution in [0.3, 0.4) is 0 Å². The van der Waals surface area contributed by atoms with Crippen molar-refractivity contribution in [1.82, 2.24) is 4.90 Å².